The first-order valence-corrected chi connectivity index (χ1v) is 27.7. The lowest BCUT2D eigenvalue weighted by atomic mass is 9.98. The second kappa shape index (κ2) is 42.8. The topological polar surface area (TPSA) is 231 Å². The van der Waals surface area contributed by atoms with Crippen LogP contribution in [0.5, 0.6) is 0 Å². The molecule has 2 aliphatic heterocycles. The molecule has 0 saturated carbocycles. The van der Waals surface area contributed by atoms with Crippen molar-refractivity contribution in [3.8, 4) is 0 Å². The van der Waals surface area contributed by atoms with Gasteiger partial charge in [-0.25, -0.2) is 0 Å². The molecule has 2 heterocycles. The van der Waals surface area contributed by atoms with Crippen LogP contribution in [0.25, 0.3) is 0 Å². The summed E-state index contributed by atoms with van der Waals surface area (Å²) in [6.45, 7) is 2.51. The Morgan fingerprint density at radius 3 is 1.38 bits per heavy atom. The fraction of sp³-hybridized carbons (Fsp3) is 0.821. The molecule has 0 aromatic heterocycles. The van der Waals surface area contributed by atoms with Crippen LogP contribution in [-0.4, -0.2) is 142 Å². The van der Waals surface area contributed by atoms with Crippen molar-refractivity contribution < 1.29 is 73.8 Å². The molecule has 2 fully saturated rings. The highest BCUT2D eigenvalue weighted by Gasteiger charge is 2.47. The molecule has 0 amide bonds. The lowest BCUT2D eigenvalue weighted by molar-refractivity contribution is -0.332. The van der Waals surface area contributed by atoms with Crippen molar-refractivity contribution in [2.75, 3.05) is 26.4 Å². The molecule has 0 spiro atoms. The van der Waals surface area contributed by atoms with E-state index >= 15 is 0 Å². The molecule has 15 nitrogen and oxygen atoms in total. The van der Waals surface area contributed by atoms with E-state index in [2.05, 4.69) is 62.5 Å². The van der Waals surface area contributed by atoms with Crippen LogP contribution in [0.15, 0.2) is 48.6 Å². The highest BCUT2D eigenvalue weighted by molar-refractivity contribution is 5.70. The Hall–Kier alpha value is -2.54. The number of aliphatic hydroxyl groups is 7. The number of carbonyl (C=O) groups is 2. The number of hydrogen-bond acceptors (Lipinski definition) is 15. The molecule has 0 aromatic rings. The summed E-state index contributed by atoms with van der Waals surface area (Å²) in [7, 11) is 0. The molecule has 0 bridgehead atoms. The summed E-state index contributed by atoms with van der Waals surface area (Å²) in [5.41, 5.74) is 0. The van der Waals surface area contributed by atoms with E-state index < -0.39 is 99.3 Å². The fourth-order valence-corrected chi connectivity index (χ4v) is 8.50. The lowest BCUT2D eigenvalue weighted by Crippen LogP contribution is -2.61. The quantitative estimate of drug-likeness (QED) is 0.0172. The molecule has 0 aromatic carbocycles. The van der Waals surface area contributed by atoms with Gasteiger partial charge in [0.1, 0.15) is 55.4 Å². The standard InChI is InChI=1S/C56H98O15/c1-3-5-7-9-11-13-15-17-19-21-23-25-27-29-31-33-35-37-39-48(59)69-44(41-66-47(58)38-36-34-32-30-28-26-24-22-20-18-16-14-12-10-8-6-4-2)42-67-55-54(65)52(63)50(61)46(71-55)43-68-56-53(64)51(62)49(60)45(40-57)70-56/h8,10,14,16,20,22,26,28,44-46,49-57,60-65H,3-7,9,11-13,15,17-19,21,23-25,27,29-43H2,1-2H3/b10-8+,16-14+,22-20+,28-26+/t44-,45+,46+,49-,50-,51?,52?,53?,54?,55+,56+/m1/s1. The average Bonchev–Trinajstić information content (AvgIpc) is 3.36. The second-order valence-electron chi connectivity index (χ2n) is 19.4. The number of aliphatic hydroxyl groups excluding tert-OH is 7. The van der Waals surface area contributed by atoms with Gasteiger partial charge in [-0.3, -0.25) is 9.59 Å². The third kappa shape index (κ3) is 30.4. The van der Waals surface area contributed by atoms with Gasteiger partial charge in [-0.1, -0.05) is 184 Å². The SMILES string of the molecule is CCC/C=C/C/C=C/C/C=C/C/C=C/CCCCCC(=O)OC[C@H](CO[C@H]1O[C@@H](CO[C@H]2O[C@@H](CO)[C@@H](O)C(O)C2O)[C@@H](O)C(O)C1O)OC(=O)CCCCCCCCCCCCCCCCCCCC. The van der Waals surface area contributed by atoms with Crippen molar-refractivity contribution in [3.05, 3.63) is 48.6 Å². The number of hydrogen-bond donors (Lipinski definition) is 7. The Kier molecular flexibility index (Phi) is 38.9. The van der Waals surface area contributed by atoms with Crippen LogP contribution in [0.3, 0.4) is 0 Å². The van der Waals surface area contributed by atoms with Crippen molar-refractivity contribution in [2.45, 2.75) is 268 Å². The van der Waals surface area contributed by atoms with Crippen LogP contribution in [0, 0.1) is 0 Å². The zero-order valence-corrected chi connectivity index (χ0v) is 43.7. The molecule has 11 atom stereocenters. The van der Waals surface area contributed by atoms with Crippen molar-refractivity contribution >= 4 is 11.9 Å². The lowest BCUT2D eigenvalue weighted by Gasteiger charge is -2.42. The summed E-state index contributed by atoms with van der Waals surface area (Å²) in [6, 6.07) is 0. The molecule has 0 aliphatic carbocycles. The van der Waals surface area contributed by atoms with Crippen molar-refractivity contribution in [1.29, 1.82) is 0 Å². The Morgan fingerprint density at radius 2 is 0.873 bits per heavy atom. The maximum Gasteiger partial charge on any atom is 0.306 e. The van der Waals surface area contributed by atoms with Crippen molar-refractivity contribution in [3.63, 3.8) is 0 Å². The maximum absolute atomic E-state index is 13.0. The predicted molar refractivity (Wildman–Crippen MR) is 275 cm³/mol. The van der Waals surface area contributed by atoms with Crippen molar-refractivity contribution in [2.24, 2.45) is 0 Å². The highest BCUT2D eigenvalue weighted by Crippen LogP contribution is 2.26. The van der Waals surface area contributed by atoms with E-state index in [1.165, 1.54) is 96.3 Å². The third-order valence-electron chi connectivity index (χ3n) is 13.0. The van der Waals surface area contributed by atoms with Crippen molar-refractivity contribution in [1.82, 2.24) is 0 Å². The van der Waals surface area contributed by atoms with E-state index in [0.29, 0.717) is 12.8 Å². The minimum Gasteiger partial charge on any atom is -0.462 e. The van der Waals surface area contributed by atoms with Crippen LogP contribution in [0.4, 0.5) is 0 Å². The van der Waals surface area contributed by atoms with E-state index in [4.69, 9.17) is 28.4 Å². The molecule has 2 aliphatic rings. The van der Waals surface area contributed by atoms with Crippen LogP contribution in [0.2, 0.25) is 0 Å². The normalized spacial score (nSPS) is 25.5. The van der Waals surface area contributed by atoms with E-state index in [0.717, 1.165) is 64.2 Å². The zero-order chi connectivity index (χ0) is 51.7. The van der Waals surface area contributed by atoms with Gasteiger partial charge >= 0.3 is 11.9 Å². The van der Waals surface area contributed by atoms with Crippen LogP contribution in [-0.2, 0) is 38.0 Å². The number of carbonyl (C=O) groups excluding carboxylic acids is 2. The summed E-state index contributed by atoms with van der Waals surface area (Å²) in [5.74, 6) is -0.956. The highest BCUT2D eigenvalue weighted by atomic mass is 16.7. The van der Waals surface area contributed by atoms with E-state index in [-0.39, 0.29) is 19.4 Å². The summed E-state index contributed by atoms with van der Waals surface area (Å²) >= 11 is 0. The van der Waals surface area contributed by atoms with Gasteiger partial charge in [0.15, 0.2) is 18.7 Å². The molecule has 7 N–H and O–H groups in total. The van der Waals surface area contributed by atoms with Gasteiger partial charge in [-0.2, -0.15) is 0 Å². The summed E-state index contributed by atoms with van der Waals surface area (Å²) in [5, 5.41) is 72.2. The first kappa shape index (κ1) is 64.6. The van der Waals surface area contributed by atoms with Gasteiger partial charge in [-0.05, 0) is 51.4 Å². The summed E-state index contributed by atoms with van der Waals surface area (Å²) < 4.78 is 33.6. The van der Waals surface area contributed by atoms with Gasteiger partial charge in [-0.15, -0.1) is 0 Å². The first-order chi connectivity index (χ1) is 34.5. The molecule has 15 heteroatoms. The molecular formula is C56H98O15. The largest absolute Gasteiger partial charge is 0.462 e. The van der Waals surface area contributed by atoms with Gasteiger partial charge in [0.2, 0.25) is 0 Å². The summed E-state index contributed by atoms with van der Waals surface area (Å²) in [4.78, 5) is 25.8. The van der Waals surface area contributed by atoms with Gasteiger partial charge in [0.05, 0.1) is 19.8 Å². The monoisotopic (exact) mass is 1010 g/mol. The Balaban J connectivity index is 1.79. The fourth-order valence-electron chi connectivity index (χ4n) is 8.50. The minimum absolute atomic E-state index is 0.160. The number of ether oxygens (including phenoxy) is 6. The first-order valence-electron chi connectivity index (χ1n) is 27.7. The second-order valence-corrected chi connectivity index (χ2v) is 19.4. The molecular weight excluding hydrogens is 913 g/mol. The van der Waals surface area contributed by atoms with E-state index in [1.54, 1.807) is 0 Å². The number of rotatable bonds is 43. The molecule has 2 saturated heterocycles. The van der Waals surface area contributed by atoms with Gasteiger partial charge in [0.25, 0.3) is 0 Å². The average molecular weight is 1010 g/mol. The zero-order valence-electron chi connectivity index (χ0n) is 43.7. The maximum atomic E-state index is 13.0. The minimum atomic E-state index is -1.77. The van der Waals surface area contributed by atoms with Gasteiger partial charge in [0, 0.05) is 12.8 Å². The van der Waals surface area contributed by atoms with E-state index in [1.807, 2.05) is 0 Å². The Labute approximate surface area is 427 Å². The summed E-state index contributed by atoms with van der Waals surface area (Å²) in [6.07, 6.45) is 31.3. The number of unbranched alkanes of at least 4 members (excludes halogenated alkanes) is 21. The molecule has 4 unspecified atom stereocenters. The Bertz CT molecular complexity index is 1420. The van der Waals surface area contributed by atoms with Crippen LogP contribution >= 0.6 is 0 Å². The molecule has 71 heavy (non-hydrogen) atoms. The predicted octanol–water partition coefficient (Wildman–Crippen LogP) is 8.66. The van der Waals surface area contributed by atoms with Crippen LogP contribution in [0.1, 0.15) is 200 Å². The Morgan fingerprint density at radius 1 is 0.451 bits per heavy atom. The van der Waals surface area contributed by atoms with Gasteiger partial charge < -0.3 is 64.2 Å². The van der Waals surface area contributed by atoms with E-state index in [9.17, 15) is 45.3 Å². The smallest absolute Gasteiger partial charge is 0.306 e. The third-order valence-corrected chi connectivity index (χ3v) is 13.0. The number of esters is 2. The number of allylic oxidation sites excluding steroid dienone is 8. The molecule has 2 rings (SSSR count). The molecule has 0 radical (unpaired) electrons. The van der Waals surface area contributed by atoms with Crippen LogP contribution < -0.4 is 0 Å². The molecule has 412 valence electrons.